The van der Waals surface area contributed by atoms with Gasteiger partial charge in [-0.1, -0.05) is 59.1 Å². The number of piperazine rings is 1. The maximum atomic E-state index is 15.2. The molecule has 2 atom stereocenters. The van der Waals surface area contributed by atoms with Gasteiger partial charge in [-0.2, -0.15) is 0 Å². The van der Waals surface area contributed by atoms with Gasteiger partial charge in [-0.25, -0.2) is 26.8 Å². The lowest BCUT2D eigenvalue weighted by Gasteiger charge is -2.47. The van der Waals surface area contributed by atoms with Gasteiger partial charge in [-0.15, -0.1) is 0 Å². The minimum absolute atomic E-state index is 0.0882. The highest BCUT2D eigenvalue weighted by Gasteiger charge is 2.60. The lowest BCUT2D eigenvalue weighted by atomic mass is 9.71. The molecule has 276 valence electrons. The SMILES string of the molecule is CC(C)Oc1cc(Cl)c(S(N)(=O)=O)cc1C1=N[C@@](C)(c2ccc(Cl)cc2)[C@@](C)(c2ccc(Cl)cc2)N1C(=O)N1CCN(CCCS(C)(=O)=O)CC1. The van der Waals surface area contributed by atoms with Crippen molar-refractivity contribution in [1.82, 2.24) is 14.7 Å². The Kier molecular flexibility index (Phi) is 11.4. The Morgan fingerprint density at radius 3 is 1.96 bits per heavy atom. The van der Waals surface area contributed by atoms with Crippen molar-refractivity contribution in [2.75, 3.05) is 44.7 Å². The highest BCUT2D eigenvalue weighted by Crippen LogP contribution is 2.54. The van der Waals surface area contributed by atoms with Crippen LogP contribution in [0.5, 0.6) is 5.75 Å². The molecule has 3 aromatic rings. The summed E-state index contributed by atoms with van der Waals surface area (Å²) in [5, 5.41) is 6.51. The van der Waals surface area contributed by atoms with Crippen molar-refractivity contribution in [1.29, 1.82) is 0 Å². The predicted molar refractivity (Wildman–Crippen MR) is 202 cm³/mol. The first-order chi connectivity index (χ1) is 23.7. The second-order valence-electron chi connectivity index (χ2n) is 13.5. The van der Waals surface area contributed by atoms with Crippen LogP contribution in [0, 0.1) is 0 Å². The Labute approximate surface area is 315 Å². The molecule has 1 fully saturated rings. The summed E-state index contributed by atoms with van der Waals surface area (Å²) in [6.45, 7) is 9.81. The zero-order valence-electron chi connectivity index (χ0n) is 29.1. The van der Waals surface area contributed by atoms with Crippen LogP contribution in [0.4, 0.5) is 4.79 Å². The maximum Gasteiger partial charge on any atom is 0.326 e. The largest absolute Gasteiger partial charge is 0.490 e. The van der Waals surface area contributed by atoms with Crippen LogP contribution in [0.1, 0.15) is 50.8 Å². The molecule has 3 aromatic carbocycles. The van der Waals surface area contributed by atoms with Crippen LogP contribution in [0.15, 0.2) is 70.6 Å². The van der Waals surface area contributed by atoms with Crippen molar-refractivity contribution < 1.29 is 26.4 Å². The molecule has 0 radical (unpaired) electrons. The zero-order valence-corrected chi connectivity index (χ0v) is 33.0. The zero-order chi connectivity index (χ0) is 37.5. The second-order valence-corrected chi connectivity index (χ2v) is 18.6. The molecule has 1 saturated heterocycles. The summed E-state index contributed by atoms with van der Waals surface area (Å²) in [6, 6.07) is 16.7. The Hall–Kier alpha value is -2.91. The third-order valence-electron chi connectivity index (χ3n) is 9.52. The quantitative estimate of drug-likeness (QED) is 0.260. The van der Waals surface area contributed by atoms with Gasteiger partial charge in [0.05, 0.1) is 22.4 Å². The van der Waals surface area contributed by atoms with E-state index in [1.165, 1.54) is 18.4 Å². The summed E-state index contributed by atoms with van der Waals surface area (Å²) in [7, 11) is -7.40. The molecule has 0 unspecified atom stereocenters. The van der Waals surface area contributed by atoms with Crippen molar-refractivity contribution in [3.8, 4) is 5.75 Å². The monoisotopic (exact) mass is 797 g/mol. The molecule has 0 bridgehead atoms. The third-order valence-corrected chi connectivity index (χ3v) is 12.4. The fraction of sp³-hybridized carbons (Fsp3) is 0.429. The number of primary sulfonamides is 1. The van der Waals surface area contributed by atoms with E-state index in [2.05, 4.69) is 4.90 Å². The molecule has 0 aromatic heterocycles. The number of carbonyl (C=O) groups is 1. The smallest absolute Gasteiger partial charge is 0.326 e. The van der Waals surface area contributed by atoms with E-state index in [4.69, 9.17) is 49.7 Å². The lowest BCUT2D eigenvalue weighted by Crippen LogP contribution is -2.60. The number of hydrogen-bond acceptors (Lipinski definition) is 8. The fourth-order valence-electron chi connectivity index (χ4n) is 6.70. The van der Waals surface area contributed by atoms with E-state index in [0.29, 0.717) is 54.8 Å². The minimum atomic E-state index is -4.31. The Morgan fingerprint density at radius 1 is 0.902 bits per heavy atom. The number of nitrogens with two attached hydrogens (primary N) is 1. The molecule has 11 nitrogen and oxygen atoms in total. The van der Waals surface area contributed by atoms with Gasteiger partial charge in [0.25, 0.3) is 0 Å². The van der Waals surface area contributed by atoms with Crippen LogP contribution in [0.25, 0.3) is 0 Å². The predicted octanol–water partition coefficient (Wildman–Crippen LogP) is 6.15. The van der Waals surface area contributed by atoms with E-state index in [-0.39, 0.29) is 45.0 Å². The summed E-state index contributed by atoms with van der Waals surface area (Å²) in [5.74, 6) is 0.460. The minimum Gasteiger partial charge on any atom is -0.490 e. The molecule has 51 heavy (non-hydrogen) atoms. The summed E-state index contributed by atoms with van der Waals surface area (Å²) in [6.07, 6.45) is 1.36. The molecule has 0 saturated carbocycles. The van der Waals surface area contributed by atoms with Gasteiger partial charge in [-0.3, -0.25) is 14.8 Å². The van der Waals surface area contributed by atoms with Gasteiger partial charge in [-0.05, 0) is 82.1 Å². The molecule has 2 N–H and O–H groups in total. The topological polar surface area (TPSA) is 143 Å². The highest BCUT2D eigenvalue weighted by atomic mass is 35.5. The highest BCUT2D eigenvalue weighted by molar-refractivity contribution is 7.90. The van der Waals surface area contributed by atoms with E-state index in [1.54, 1.807) is 34.1 Å². The molecule has 0 spiro atoms. The summed E-state index contributed by atoms with van der Waals surface area (Å²) < 4.78 is 55.2. The van der Waals surface area contributed by atoms with E-state index >= 15 is 4.79 Å². The summed E-state index contributed by atoms with van der Waals surface area (Å²) in [5.41, 5.74) is -0.758. The number of halogens is 3. The van der Waals surface area contributed by atoms with Crippen LogP contribution < -0.4 is 9.88 Å². The van der Waals surface area contributed by atoms with Gasteiger partial charge >= 0.3 is 6.03 Å². The number of nitrogens with zero attached hydrogens (tertiary/aromatic N) is 4. The lowest BCUT2D eigenvalue weighted by molar-refractivity contribution is 0.0868. The normalized spacial score (nSPS) is 21.6. The van der Waals surface area contributed by atoms with E-state index in [0.717, 1.165) is 5.56 Å². The van der Waals surface area contributed by atoms with Crippen molar-refractivity contribution >= 4 is 66.5 Å². The number of carbonyl (C=O) groups excluding carboxylic acids is 1. The number of urea groups is 1. The van der Waals surface area contributed by atoms with Crippen molar-refractivity contribution in [3.63, 3.8) is 0 Å². The molecule has 0 aliphatic carbocycles. The Bertz CT molecular complexity index is 2040. The van der Waals surface area contributed by atoms with Crippen LogP contribution in [0.2, 0.25) is 15.1 Å². The van der Waals surface area contributed by atoms with Crippen LogP contribution in [-0.4, -0.2) is 94.2 Å². The van der Waals surface area contributed by atoms with Crippen LogP contribution in [0.3, 0.4) is 0 Å². The van der Waals surface area contributed by atoms with Crippen molar-refractivity contribution in [3.05, 3.63) is 92.4 Å². The average molecular weight is 799 g/mol. The van der Waals surface area contributed by atoms with Gasteiger partial charge in [0.1, 0.15) is 37.4 Å². The van der Waals surface area contributed by atoms with Gasteiger partial charge in [0, 0.05) is 48.5 Å². The number of hydrogen-bond donors (Lipinski definition) is 1. The molecular formula is C35H42Cl3N5O6S2. The van der Waals surface area contributed by atoms with Gasteiger partial charge < -0.3 is 9.64 Å². The number of aliphatic imine (C=N–C) groups is 1. The maximum absolute atomic E-state index is 15.2. The van der Waals surface area contributed by atoms with Gasteiger partial charge in [0.15, 0.2) is 0 Å². The first kappa shape index (κ1) is 39.3. The number of amides is 2. The summed E-state index contributed by atoms with van der Waals surface area (Å²) >= 11 is 19.2. The molecule has 16 heteroatoms. The van der Waals surface area contributed by atoms with Crippen molar-refractivity contribution in [2.45, 2.75) is 56.2 Å². The van der Waals surface area contributed by atoms with E-state index < -0.39 is 30.9 Å². The molecule has 5 rings (SSSR count). The number of sulfonamides is 1. The van der Waals surface area contributed by atoms with Gasteiger partial charge in [0.2, 0.25) is 10.0 Å². The van der Waals surface area contributed by atoms with Crippen molar-refractivity contribution in [2.24, 2.45) is 10.1 Å². The molecule has 2 aliphatic heterocycles. The number of sulfone groups is 1. The van der Waals surface area contributed by atoms with Crippen LogP contribution >= 0.6 is 34.8 Å². The molecule has 2 heterocycles. The number of ether oxygens (including phenoxy) is 1. The fourth-order valence-corrected chi connectivity index (χ4v) is 8.70. The summed E-state index contributed by atoms with van der Waals surface area (Å²) in [4.78, 5) is 25.6. The van der Waals surface area contributed by atoms with E-state index in [1.807, 2.05) is 52.0 Å². The second kappa shape index (κ2) is 14.8. The Morgan fingerprint density at radius 2 is 1.45 bits per heavy atom. The average Bonchev–Trinajstić information content (AvgIpc) is 3.28. The molecular weight excluding hydrogens is 757 g/mol. The van der Waals surface area contributed by atoms with Crippen LogP contribution in [-0.2, 0) is 30.9 Å². The standard InChI is InChI=1S/C35H42Cl3N5O6S2/c1-23(2)49-30-22-29(38)31(51(39,47)48)21-28(30)32-40-34(3,24-7-11-26(36)12-8-24)35(4,25-9-13-27(37)14-10-25)43(32)33(44)42-18-16-41(17-19-42)15-6-20-50(5,45)46/h7-14,21-23H,6,15-20H2,1-5H3,(H2,39,47,48)/t34-,35+/m0/s1. The number of benzene rings is 3. The first-order valence-corrected chi connectivity index (χ1v) is 21.1. The first-order valence-electron chi connectivity index (χ1n) is 16.4. The molecule has 2 amide bonds. The third kappa shape index (κ3) is 8.19. The number of amidine groups is 1. The van der Waals surface area contributed by atoms with E-state index in [9.17, 15) is 16.8 Å². The Balaban J connectivity index is 1.71. The number of rotatable bonds is 10. The molecule has 2 aliphatic rings.